The molecule has 1 fully saturated rings. The number of ether oxygens (including phenoxy) is 1. The van der Waals surface area contributed by atoms with Gasteiger partial charge in [0.05, 0.1) is 30.3 Å². The maximum Gasteiger partial charge on any atom is 0.255 e. The Balaban J connectivity index is 1.61. The number of aromatic amines is 1. The highest BCUT2D eigenvalue weighted by atomic mass is 32.2. The highest BCUT2D eigenvalue weighted by Gasteiger charge is 2.33. The Hall–Kier alpha value is -2.98. The van der Waals surface area contributed by atoms with Crippen LogP contribution in [0.2, 0.25) is 0 Å². The van der Waals surface area contributed by atoms with Crippen molar-refractivity contribution in [2.75, 3.05) is 26.0 Å². The number of carbonyl (C=O) groups is 1. The average molecular weight is 529 g/mol. The molecule has 0 spiro atoms. The minimum atomic E-state index is -3.18. The Labute approximate surface area is 217 Å². The molecule has 0 bridgehead atoms. The number of nitrogens with one attached hydrogen (secondary N) is 1. The number of aryl methyl sites for hydroxylation is 1. The van der Waals surface area contributed by atoms with Crippen LogP contribution in [0.1, 0.15) is 71.9 Å². The Morgan fingerprint density at radius 1 is 1.27 bits per heavy atom. The van der Waals surface area contributed by atoms with Gasteiger partial charge in [-0.2, -0.15) is 0 Å². The number of Topliss-reactive ketones (excluding diaryl/α,β-unsaturated/α-hetero) is 1. The monoisotopic (exact) mass is 528 g/mol. The summed E-state index contributed by atoms with van der Waals surface area (Å²) in [5, 5.41) is 0. The summed E-state index contributed by atoms with van der Waals surface area (Å²) in [7, 11) is -1.66. The van der Waals surface area contributed by atoms with Gasteiger partial charge in [0.25, 0.3) is 5.56 Å². The van der Waals surface area contributed by atoms with Crippen LogP contribution >= 0.6 is 0 Å². The molecule has 1 saturated heterocycles. The molecule has 1 aliphatic rings. The lowest BCUT2D eigenvalue weighted by Gasteiger charge is -2.34. The van der Waals surface area contributed by atoms with Crippen LogP contribution in [0.5, 0.6) is 5.75 Å². The Bertz CT molecular complexity index is 1470. The van der Waals surface area contributed by atoms with Crippen molar-refractivity contribution in [1.82, 2.24) is 18.7 Å². The zero-order valence-electron chi connectivity index (χ0n) is 22.2. The SMILES string of the molecule is CCS(=O)(=O)N1CCC(C(C)c2c(C)c(C(=O)CCc3c(OC)cc(C)[nH]c3=O)c3ccncn23)CC1. The lowest BCUT2D eigenvalue weighted by molar-refractivity contribution is 0.0983. The van der Waals surface area contributed by atoms with Gasteiger partial charge >= 0.3 is 0 Å². The van der Waals surface area contributed by atoms with E-state index in [2.05, 4.69) is 16.9 Å². The highest BCUT2D eigenvalue weighted by molar-refractivity contribution is 7.89. The molecule has 1 unspecified atom stereocenters. The second-order valence-corrected chi connectivity index (χ2v) is 12.2. The number of hydrogen-bond acceptors (Lipinski definition) is 6. The molecule has 3 aromatic rings. The predicted octanol–water partition coefficient (Wildman–Crippen LogP) is 3.63. The first kappa shape index (κ1) is 27.1. The fraction of sp³-hybridized carbons (Fsp3) is 0.519. The topological polar surface area (TPSA) is 114 Å². The molecule has 1 aliphatic heterocycles. The van der Waals surface area contributed by atoms with Crippen molar-refractivity contribution < 1.29 is 17.9 Å². The van der Waals surface area contributed by atoms with Gasteiger partial charge in [-0.3, -0.25) is 9.59 Å². The summed E-state index contributed by atoms with van der Waals surface area (Å²) < 4.78 is 33.6. The molecule has 0 aromatic carbocycles. The molecule has 9 nitrogen and oxygen atoms in total. The van der Waals surface area contributed by atoms with E-state index in [9.17, 15) is 18.0 Å². The quantitative estimate of drug-likeness (QED) is 0.424. The number of carbonyl (C=O) groups excluding carboxylic acids is 1. The Morgan fingerprint density at radius 2 is 1.97 bits per heavy atom. The first-order valence-corrected chi connectivity index (χ1v) is 14.4. The van der Waals surface area contributed by atoms with Gasteiger partial charge in [0.15, 0.2) is 5.78 Å². The van der Waals surface area contributed by atoms with Crippen molar-refractivity contribution in [2.24, 2.45) is 5.92 Å². The normalized spacial score (nSPS) is 16.2. The Kier molecular flexibility index (Phi) is 7.89. The number of fused-ring (bicyclic) bond motifs is 1. The molecule has 200 valence electrons. The summed E-state index contributed by atoms with van der Waals surface area (Å²) in [4.78, 5) is 33.2. The van der Waals surface area contributed by atoms with E-state index in [4.69, 9.17) is 4.74 Å². The van der Waals surface area contributed by atoms with Crippen molar-refractivity contribution in [1.29, 1.82) is 0 Å². The van der Waals surface area contributed by atoms with Crippen molar-refractivity contribution >= 4 is 21.3 Å². The maximum absolute atomic E-state index is 13.6. The lowest BCUT2D eigenvalue weighted by Crippen LogP contribution is -2.40. The lowest BCUT2D eigenvalue weighted by atomic mass is 9.82. The molecular weight excluding hydrogens is 492 g/mol. The molecule has 1 N–H and O–H groups in total. The average Bonchev–Trinajstić information content (AvgIpc) is 3.18. The second-order valence-electron chi connectivity index (χ2n) is 9.90. The van der Waals surface area contributed by atoms with Crippen LogP contribution in [0, 0.1) is 19.8 Å². The molecular formula is C27H36N4O5S. The third-order valence-electron chi connectivity index (χ3n) is 7.76. The molecule has 0 saturated carbocycles. The zero-order valence-corrected chi connectivity index (χ0v) is 23.0. The number of piperidine rings is 1. The molecule has 4 heterocycles. The van der Waals surface area contributed by atoms with E-state index < -0.39 is 10.0 Å². The highest BCUT2D eigenvalue weighted by Crippen LogP contribution is 2.38. The number of nitrogens with zero attached hydrogens (tertiary/aromatic N) is 3. The van der Waals surface area contributed by atoms with E-state index in [0.717, 1.165) is 29.6 Å². The van der Waals surface area contributed by atoms with E-state index in [1.54, 1.807) is 36.7 Å². The molecule has 1 atom stereocenters. The van der Waals surface area contributed by atoms with Gasteiger partial charge < -0.3 is 14.1 Å². The van der Waals surface area contributed by atoms with Crippen molar-refractivity contribution in [3.8, 4) is 5.75 Å². The smallest absolute Gasteiger partial charge is 0.255 e. The zero-order chi connectivity index (χ0) is 26.9. The first-order valence-electron chi connectivity index (χ1n) is 12.8. The molecule has 0 amide bonds. The van der Waals surface area contributed by atoms with E-state index >= 15 is 0 Å². The summed E-state index contributed by atoms with van der Waals surface area (Å²) in [6.07, 6.45) is 5.41. The number of ketones is 1. The third-order valence-corrected chi connectivity index (χ3v) is 9.64. The first-order chi connectivity index (χ1) is 17.6. The van der Waals surface area contributed by atoms with Gasteiger partial charge in [0.1, 0.15) is 5.75 Å². The number of pyridine rings is 1. The number of aromatic nitrogens is 3. The molecule has 37 heavy (non-hydrogen) atoms. The van der Waals surface area contributed by atoms with E-state index in [-0.39, 0.29) is 35.9 Å². The van der Waals surface area contributed by atoms with E-state index in [0.29, 0.717) is 41.6 Å². The Morgan fingerprint density at radius 3 is 2.62 bits per heavy atom. The van der Waals surface area contributed by atoms with Gasteiger partial charge in [-0.1, -0.05) is 6.92 Å². The van der Waals surface area contributed by atoms with Gasteiger partial charge in [0, 0.05) is 42.7 Å². The van der Waals surface area contributed by atoms with Crippen LogP contribution in [0.4, 0.5) is 0 Å². The summed E-state index contributed by atoms with van der Waals surface area (Å²) in [6, 6.07) is 3.62. The maximum atomic E-state index is 13.6. The van der Waals surface area contributed by atoms with E-state index in [1.165, 1.54) is 7.11 Å². The van der Waals surface area contributed by atoms with Crippen LogP contribution in [0.3, 0.4) is 0 Å². The van der Waals surface area contributed by atoms with Crippen LogP contribution in [0.25, 0.3) is 5.52 Å². The molecule has 4 rings (SSSR count). The summed E-state index contributed by atoms with van der Waals surface area (Å²) >= 11 is 0. The van der Waals surface area contributed by atoms with Crippen molar-refractivity contribution in [2.45, 2.75) is 59.3 Å². The molecule has 0 radical (unpaired) electrons. The number of rotatable bonds is 9. The second kappa shape index (κ2) is 10.8. The summed E-state index contributed by atoms with van der Waals surface area (Å²) in [6.45, 7) is 8.63. The number of H-pyrrole nitrogens is 1. The fourth-order valence-electron chi connectivity index (χ4n) is 5.70. The van der Waals surface area contributed by atoms with Crippen LogP contribution in [-0.2, 0) is 16.4 Å². The molecule has 10 heteroatoms. The minimum Gasteiger partial charge on any atom is -0.496 e. The fourth-order valence-corrected chi connectivity index (χ4v) is 6.83. The molecule has 0 aliphatic carbocycles. The predicted molar refractivity (Wildman–Crippen MR) is 143 cm³/mol. The van der Waals surface area contributed by atoms with Crippen LogP contribution in [0.15, 0.2) is 29.5 Å². The summed E-state index contributed by atoms with van der Waals surface area (Å²) in [5.41, 5.74) is 4.33. The van der Waals surface area contributed by atoms with Gasteiger partial charge in [0.2, 0.25) is 10.0 Å². The third kappa shape index (κ3) is 5.22. The van der Waals surface area contributed by atoms with Crippen molar-refractivity contribution in [3.63, 3.8) is 0 Å². The molecule has 3 aromatic heterocycles. The van der Waals surface area contributed by atoms with Crippen LogP contribution < -0.4 is 10.3 Å². The number of sulfonamides is 1. The van der Waals surface area contributed by atoms with Crippen LogP contribution in [-0.4, -0.2) is 58.8 Å². The van der Waals surface area contributed by atoms with E-state index in [1.807, 2.05) is 17.4 Å². The van der Waals surface area contributed by atoms with Gasteiger partial charge in [-0.25, -0.2) is 17.7 Å². The van der Waals surface area contributed by atoms with Gasteiger partial charge in [-0.15, -0.1) is 0 Å². The standard InChI is InChI=1S/C27H36N4O5S/c1-6-37(34,35)30-13-10-20(11-14-30)18(3)26-19(4)25(22-9-12-28-16-31(22)26)23(32)8-7-21-24(36-5)15-17(2)29-27(21)33/h9,12,15-16,18,20H,6-8,10-11,13-14H2,1-5H3,(H,29,33). The number of methoxy groups -OCH3 is 1. The van der Waals surface area contributed by atoms with Gasteiger partial charge in [-0.05, 0) is 69.6 Å². The van der Waals surface area contributed by atoms with Crippen molar-refractivity contribution in [3.05, 3.63) is 63.1 Å². The largest absolute Gasteiger partial charge is 0.496 e. The summed E-state index contributed by atoms with van der Waals surface area (Å²) in [5.74, 6) is 0.976. The number of hydrogen-bond donors (Lipinski definition) is 1. The minimum absolute atomic E-state index is 0.0365.